The number of nitrogens with one attached hydrogen (secondary N) is 1. The molecule has 3 N–H and O–H groups in total. The SMILES string of the molecule is COc1cc(/C=N/NC(=O)c2ccccc2N)cc(I)c1OCc1ccc(Cl)cc1Cl. The minimum Gasteiger partial charge on any atom is -0.493 e. The van der Waals surface area contributed by atoms with Gasteiger partial charge in [-0.2, -0.15) is 5.10 Å². The lowest BCUT2D eigenvalue weighted by Gasteiger charge is -2.14. The maximum absolute atomic E-state index is 12.2. The molecule has 0 radical (unpaired) electrons. The van der Waals surface area contributed by atoms with E-state index < -0.39 is 5.91 Å². The molecule has 3 rings (SSSR count). The van der Waals surface area contributed by atoms with Crippen LogP contribution in [-0.2, 0) is 6.61 Å². The summed E-state index contributed by atoms with van der Waals surface area (Å²) in [4.78, 5) is 12.2. The first-order chi connectivity index (χ1) is 14.9. The van der Waals surface area contributed by atoms with Crippen LogP contribution in [0.1, 0.15) is 21.5 Å². The van der Waals surface area contributed by atoms with Gasteiger partial charge in [-0.15, -0.1) is 0 Å². The minimum absolute atomic E-state index is 0.254. The van der Waals surface area contributed by atoms with Gasteiger partial charge in [-0.25, -0.2) is 5.43 Å². The highest BCUT2D eigenvalue weighted by molar-refractivity contribution is 14.1. The van der Waals surface area contributed by atoms with Crippen molar-refractivity contribution in [3.8, 4) is 11.5 Å². The van der Waals surface area contributed by atoms with Gasteiger partial charge in [0.15, 0.2) is 11.5 Å². The van der Waals surface area contributed by atoms with Crippen molar-refractivity contribution in [2.24, 2.45) is 5.10 Å². The minimum atomic E-state index is -0.393. The zero-order valence-corrected chi connectivity index (χ0v) is 20.0. The van der Waals surface area contributed by atoms with Crippen LogP contribution in [0.25, 0.3) is 0 Å². The molecule has 160 valence electrons. The van der Waals surface area contributed by atoms with Crippen LogP contribution in [0.5, 0.6) is 11.5 Å². The molecule has 0 aliphatic carbocycles. The fourth-order valence-corrected chi connectivity index (χ4v) is 3.92. The number of amides is 1. The van der Waals surface area contributed by atoms with E-state index in [1.807, 2.05) is 12.1 Å². The van der Waals surface area contributed by atoms with Gasteiger partial charge in [0, 0.05) is 21.3 Å². The lowest BCUT2D eigenvalue weighted by Crippen LogP contribution is -2.19. The van der Waals surface area contributed by atoms with Gasteiger partial charge in [0.05, 0.1) is 22.5 Å². The maximum atomic E-state index is 12.2. The monoisotopic (exact) mass is 569 g/mol. The molecular formula is C22H18Cl2IN3O3. The largest absolute Gasteiger partial charge is 0.493 e. The molecule has 3 aromatic carbocycles. The Morgan fingerprint density at radius 1 is 1.19 bits per heavy atom. The normalized spacial score (nSPS) is 10.8. The van der Waals surface area contributed by atoms with Gasteiger partial charge < -0.3 is 15.2 Å². The third-order valence-electron chi connectivity index (χ3n) is 4.22. The van der Waals surface area contributed by atoms with Gasteiger partial charge in [0.1, 0.15) is 6.61 Å². The number of nitrogens with two attached hydrogens (primary N) is 1. The Kier molecular flexibility index (Phi) is 8.00. The van der Waals surface area contributed by atoms with Crippen molar-refractivity contribution in [1.29, 1.82) is 0 Å². The van der Waals surface area contributed by atoms with Crippen molar-refractivity contribution in [3.05, 3.63) is 84.9 Å². The Hall–Kier alpha value is -2.49. The van der Waals surface area contributed by atoms with Crippen molar-refractivity contribution in [2.75, 3.05) is 12.8 Å². The molecule has 3 aromatic rings. The molecular weight excluding hydrogens is 552 g/mol. The van der Waals surface area contributed by atoms with Crippen molar-refractivity contribution < 1.29 is 14.3 Å². The van der Waals surface area contributed by atoms with Crippen molar-refractivity contribution >= 4 is 63.6 Å². The topological polar surface area (TPSA) is 85.9 Å². The van der Waals surface area contributed by atoms with Crippen molar-refractivity contribution in [2.45, 2.75) is 6.61 Å². The van der Waals surface area contributed by atoms with E-state index in [4.69, 9.17) is 38.4 Å². The zero-order chi connectivity index (χ0) is 22.4. The number of rotatable bonds is 7. The molecule has 0 atom stereocenters. The number of hydrogen-bond acceptors (Lipinski definition) is 5. The van der Waals surface area contributed by atoms with Crippen LogP contribution in [-0.4, -0.2) is 19.2 Å². The second-order valence-corrected chi connectivity index (χ2v) is 8.35. The molecule has 0 saturated heterocycles. The number of carbonyl (C=O) groups excluding carboxylic acids is 1. The molecule has 0 aromatic heterocycles. The summed E-state index contributed by atoms with van der Waals surface area (Å²) in [7, 11) is 1.55. The summed E-state index contributed by atoms with van der Waals surface area (Å²) < 4.78 is 12.2. The van der Waals surface area contributed by atoms with Gasteiger partial charge in [-0.05, 0) is 64.6 Å². The molecule has 0 saturated carbocycles. The van der Waals surface area contributed by atoms with Gasteiger partial charge in [0.2, 0.25) is 0 Å². The predicted octanol–water partition coefficient (Wildman–Crippen LogP) is 5.53. The smallest absolute Gasteiger partial charge is 0.273 e. The van der Waals surface area contributed by atoms with Crippen LogP contribution in [0.3, 0.4) is 0 Å². The Morgan fingerprint density at radius 3 is 2.68 bits per heavy atom. The van der Waals surface area contributed by atoms with Gasteiger partial charge >= 0.3 is 0 Å². The molecule has 1 amide bonds. The van der Waals surface area contributed by atoms with Crippen LogP contribution in [0, 0.1) is 3.57 Å². The highest BCUT2D eigenvalue weighted by Gasteiger charge is 2.13. The molecule has 0 fully saturated rings. The highest BCUT2D eigenvalue weighted by Crippen LogP contribution is 2.34. The van der Waals surface area contributed by atoms with Crippen LogP contribution >= 0.6 is 45.8 Å². The average Bonchev–Trinajstić information content (AvgIpc) is 2.74. The van der Waals surface area contributed by atoms with Crippen LogP contribution in [0.2, 0.25) is 10.0 Å². The van der Waals surface area contributed by atoms with E-state index in [2.05, 4.69) is 33.1 Å². The zero-order valence-electron chi connectivity index (χ0n) is 16.4. The number of halogens is 3. The third-order valence-corrected chi connectivity index (χ3v) is 5.61. The number of para-hydroxylation sites is 1. The summed E-state index contributed by atoms with van der Waals surface area (Å²) in [5.74, 6) is 0.709. The Labute approximate surface area is 203 Å². The first-order valence-corrected chi connectivity index (χ1v) is 10.8. The molecule has 9 heteroatoms. The van der Waals surface area contributed by atoms with Crippen molar-refractivity contribution in [1.82, 2.24) is 5.43 Å². The molecule has 31 heavy (non-hydrogen) atoms. The van der Waals surface area contributed by atoms with E-state index in [0.29, 0.717) is 32.8 Å². The number of methoxy groups -OCH3 is 1. The summed E-state index contributed by atoms with van der Waals surface area (Å²) in [5, 5.41) is 5.10. The number of ether oxygens (including phenoxy) is 2. The van der Waals surface area contributed by atoms with E-state index in [9.17, 15) is 4.79 Å². The van der Waals surface area contributed by atoms with E-state index >= 15 is 0 Å². The Morgan fingerprint density at radius 2 is 1.97 bits per heavy atom. The van der Waals surface area contributed by atoms with Crippen LogP contribution < -0.4 is 20.6 Å². The van der Waals surface area contributed by atoms with E-state index in [-0.39, 0.29) is 6.61 Å². The number of nitrogen functional groups attached to an aromatic ring is 1. The van der Waals surface area contributed by atoms with Crippen LogP contribution in [0.15, 0.2) is 59.7 Å². The third kappa shape index (κ3) is 6.03. The number of hydrazone groups is 1. The summed E-state index contributed by atoms with van der Waals surface area (Å²) in [6.07, 6.45) is 1.52. The fourth-order valence-electron chi connectivity index (χ4n) is 2.67. The van der Waals surface area contributed by atoms with E-state index in [1.54, 1.807) is 49.6 Å². The number of nitrogens with zero attached hydrogens (tertiary/aromatic N) is 1. The summed E-state index contributed by atoms with van der Waals surface area (Å²) in [5.41, 5.74) is 10.5. The number of hydrogen-bond donors (Lipinski definition) is 2. The van der Waals surface area contributed by atoms with Gasteiger partial charge in [0.25, 0.3) is 5.91 Å². The number of carbonyl (C=O) groups is 1. The molecule has 6 nitrogen and oxygen atoms in total. The lowest BCUT2D eigenvalue weighted by molar-refractivity contribution is 0.0956. The highest BCUT2D eigenvalue weighted by atomic mass is 127. The van der Waals surface area contributed by atoms with Gasteiger partial charge in [-0.1, -0.05) is 41.4 Å². The first kappa shape index (κ1) is 23.2. The molecule has 0 bridgehead atoms. The molecule has 0 heterocycles. The summed E-state index contributed by atoms with van der Waals surface area (Å²) >= 11 is 14.3. The number of benzene rings is 3. The fraction of sp³-hybridized carbons (Fsp3) is 0.0909. The molecule has 0 aliphatic rings. The molecule has 0 aliphatic heterocycles. The Balaban J connectivity index is 1.72. The summed E-state index contributed by atoms with van der Waals surface area (Å²) in [6.45, 7) is 0.254. The average molecular weight is 570 g/mol. The predicted molar refractivity (Wildman–Crippen MR) is 132 cm³/mol. The lowest BCUT2D eigenvalue weighted by atomic mass is 10.2. The quantitative estimate of drug-likeness (QED) is 0.169. The van der Waals surface area contributed by atoms with E-state index in [1.165, 1.54) is 6.21 Å². The second-order valence-electron chi connectivity index (χ2n) is 6.34. The number of anilines is 1. The van der Waals surface area contributed by atoms with Crippen molar-refractivity contribution in [3.63, 3.8) is 0 Å². The summed E-state index contributed by atoms with van der Waals surface area (Å²) in [6, 6.07) is 15.6. The maximum Gasteiger partial charge on any atom is 0.273 e. The van der Waals surface area contributed by atoms with Crippen LogP contribution in [0.4, 0.5) is 5.69 Å². The second kappa shape index (κ2) is 10.7. The van der Waals surface area contributed by atoms with Gasteiger partial charge in [-0.3, -0.25) is 4.79 Å². The van der Waals surface area contributed by atoms with E-state index in [0.717, 1.165) is 14.7 Å². The molecule has 0 unspecified atom stereocenters. The molecule has 0 spiro atoms. The Bertz CT molecular complexity index is 1140. The standard InChI is InChI=1S/C22H18Cl2IN3O3/c1-30-20-9-13(11-27-28-22(29)16-4-2-3-5-19(16)26)8-18(25)21(20)31-12-14-6-7-15(23)10-17(14)24/h2-11H,12,26H2,1H3,(H,28,29)/b27-11+. The first-order valence-electron chi connectivity index (χ1n) is 9.01.